The lowest BCUT2D eigenvalue weighted by molar-refractivity contribution is -0.306. The Morgan fingerprint density at radius 2 is 1.87 bits per heavy atom. The monoisotopic (exact) mass is 309 g/mol. The van der Waals surface area contributed by atoms with Crippen LogP contribution in [0.3, 0.4) is 0 Å². The van der Waals surface area contributed by atoms with Gasteiger partial charge in [-0.2, -0.15) is 0 Å². The zero-order valence-corrected chi connectivity index (χ0v) is 13.1. The fourth-order valence-electron chi connectivity index (χ4n) is 3.19. The first-order chi connectivity index (χ1) is 11.2. The van der Waals surface area contributed by atoms with E-state index >= 15 is 0 Å². The summed E-state index contributed by atoms with van der Waals surface area (Å²) in [6, 6.07) is 18.4. The number of hydrogen-bond donors (Lipinski definition) is 1. The van der Waals surface area contributed by atoms with Crippen molar-refractivity contribution < 1.29 is 9.90 Å². The topological polar surface area (TPSA) is 55.4 Å². The van der Waals surface area contributed by atoms with E-state index in [0.717, 1.165) is 25.2 Å². The molecule has 0 saturated carbocycles. The third-order valence-corrected chi connectivity index (χ3v) is 4.32. The molecule has 0 saturated heterocycles. The average molecular weight is 309 g/mol. The van der Waals surface area contributed by atoms with E-state index in [4.69, 9.17) is 0 Å². The molecule has 3 rings (SSSR count). The number of anilines is 1. The number of carboxylic acids is 1. The van der Waals surface area contributed by atoms with E-state index in [1.54, 1.807) is 0 Å². The number of hydrogen-bond acceptors (Lipinski definition) is 4. The van der Waals surface area contributed by atoms with Crippen LogP contribution in [0.4, 0.5) is 5.69 Å². The maximum absolute atomic E-state index is 11.1. The van der Waals surface area contributed by atoms with Gasteiger partial charge in [0, 0.05) is 43.8 Å². The van der Waals surface area contributed by atoms with E-state index in [1.165, 1.54) is 11.1 Å². The van der Waals surface area contributed by atoms with Crippen LogP contribution in [0.1, 0.15) is 17.5 Å². The zero-order chi connectivity index (χ0) is 16.1. The van der Waals surface area contributed by atoms with Crippen molar-refractivity contribution >= 4 is 11.7 Å². The van der Waals surface area contributed by atoms with Gasteiger partial charge in [-0.1, -0.05) is 48.5 Å². The van der Waals surface area contributed by atoms with E-state index in [0.29, 0.717) is 6.54 Å². The standard InChI is InChI=1S/C19H22N2O2/c22-19(23)12-17-14-20-13-16-8-4-5-9-18(16)21(17)11-10-15-6-2-1-3-7-15/h1-9,17,20H,10-14H2,(H,22,23)/p-1. The van der Waals surface area contributed by atoms with Gasteiger partial charge in [0.05, 0.1) is 0 Å². The van der Waals surface area contributed by atoms with E-state index in [1.807, 2.05) is 30.3 Å². The van der Waals surface area contributed by atoms with Crippen LogP contribution in [0.2, 0.25) is 0 Å². The number of nitrogens with zero attached hydrogens (tertiary/aromatic N) is 1. The lowest BCUT2D eigenvalue weighted by Gasteiger charge is -2.33. The number of carboxylic acid groups (broad SMARTS) is 1. The molecular weight excluding hydrogens is 288 g/mol. The molecule has 0 spiro atoms. The Kier molecular flexibility index (Phi) is 4.93. The Morgan fingerprint density at radius 1 is 1.13 bits per heavy atom. The molecule has 2 aromatic rings. The molecule has 0 fully saturated rings. The molecule has 1 N–H and O–H groups in total. The largest absolute Gasteiger partial charge is 0.550 e. The van der Waals surface area contributed by atoms with Gasteiger partial charge >= 0.3 is 0 Å². The number of nitrogens with one attached hydrogen (secondary N) is 1. The Morgan fingerprint density at radius 3 is 2.65 bits per heavy atom. The van der Waals surface area contributed by atoms with Crippen molar-refractivity contribution in [2.24, 2.45) is 0 Å². The SMILES string of the molecule is O=C([O-])CC1CNCc2ccccc2N1CCc1ccccc1. The van der Waals surface area contributed by atoms with Gasteiger partial charge in [0.15, 0.2) is 0 Å². The maximum Gasteiger partial charge on any atom is 0.0466 e. The summed E-state index contributed by atoms with van der Waals surface area (Å²) in [5.41, 5.74) is 3.59. The lowest BCUT2D eigenvalue weighted by atomic mass is 10.1. The van der Waals surface area contributed by atoms with E-state index < -0.39 is 5.97 Å². The Bertz CT molecular complexity index is 657. The number of para-hydroxylation sites is 1. The van der Waals surface area contributed by atoms with Gasteiger partial charge in [-0.3, -0.25) is 0 Å². The van der Waals surface area contributed by atoms with Crippen LogP contribution >= 0.6 is 0 Å². The first-order valence-electron chi connectivity index (χ1n) is 8.03. The van der Waals surface area contributed by atoms with Gasteiger partial charge in [-0.25, -0.2) is 0 Å². The lowest BCUT2D eigenvalue weighted by Crippen LogP contribution is -2.45. The fraction of sp³-hybridized carbons (Fsp3) is 0.316. The number of aliphatic carboxylic acids is 1. The first kappa shape index (κ1) is 15.6. The van der Waals surface area contributed by atoms with E-state index in [-0.39, 0.29) is 12.5 Å². The predicted octanol–water partition coefficient (Wildman–Crippen LogP) is 1.35. The minimum Gasteiger partial charge on any atom is -0.550 e. The molecule has 2 aromatic carbocycles. The third-order valence-electron chi connectivity index (χ3n) is 4.32. The first-order valence-corrected chi connectivity index (χ1v) is 8.03. The van der Waals surface area contributed by atoms with Crippen molar-refractivity contribution in [3.63, 3.8) is 0 Å². The second kappa shape index (κ2) is 7.29. The summed E-state index contributed by atoms with van der Waals surface area (Å²) in [5, 5.41) is 14.5. The second-order valence-electron chi connectivity index (χ2n) is 5.92. The molecule has 0 aliphatic carbocycles. The van der Waals surface area contributed by atoms with Crippen LogP contribution in [0.5, 0.6) is 0 Å². The summed E-state index contributed by atoms with van der Waals surface area (Å²) >= 11 is 0. The van der Waals surface area contributed by atoms with Gasteiger partial charge in [0.25, 0.3) is 0 Å². The Balaban J connectivity index is 1.84. The van der Waals surface area contributed by atoms with Crippen molar-refractivity contribution in [2.45, 2.75) is 25.4 Å². The predicted molar refractivity (Wildman–Crippen MR) is 89.1 cm³/mol. The summed E-state index contributed by atoms with van der Waals surface area (Å²) in [6.07, 6.45) is 0.925. The summed E-state index contributed by atoms with van der Waals surface area (Å²) in [7, 11) is 0. The summed E-state index contributed by atoms with van der Waals surface area (Å²) in [4.78, 5) is 13.4. The van der Waals surface area contributed by atoms with Crippen molar-refractivity contribution in [1.29, 1.82) is 0 Å². The Labute approximate surface area is 136 Å². The zero-order valence-electron chi connectivity index (χ0n) is 13.1. The van der Waals surface area contributed by atoms with Crippen molar-refractivity contribution in [1.82, 2.24) is 5.32 Å². The highest BCUT2D eigenvalue weighted by molar-refractivity contribution is 5.67. The van der Waals surface area contributed by atoms with Crippen molar-refractivity contribution in [3.05, 3.63) is 65.7 Å². The molecule has 0 aromatic heterocycles. The van der Waals surface area contributed by atoms with Crippen LogP contribution in [-0.4, -0.2) is 25.1 Å². The molecule has 4 heteroatoms. The molecular formula is C19H21N2O2-. The highest BCUT2D eigenvalue weighted by atomic mass is 16.4. The molecule has 1 aliphatic heterocycles. The fourth-order valence-corrected chi connectivity index (χ4v) is 3.19. The number of carbonyl (C=O) groups excluding carboxylic acids is 1. The van der Waals surface area contributed by atoms with Gasteiger partial charge in [-0.15, -0.1) is 0 Å². The van der Waals surface area contributed by atoms with Gasteiger partial charge in [-0.05, 0) is 23.6 Å². The van der Waals surface area contributed by atoms with E-state index in [2.05, 4.69) is 34.5 Å². The molecule has 4 nitrogen and oxygen atoms in total. The van der Waals surface area contributed by atoms with Crippen LogP contribution in [0.25, 0.3) is 0 Å². The van der Waals surface area contributed by atoms with Crippen LogP contribution in [-0.2, 0) is 17.8 Å². The summed E-state index contributed by atoms with van der Waals surface area (Å²) in [5.74, 6) is -0.999. The molecule has 0 bridgehead atoms. The Hall–Kier alpha value is -2.33. The molecule has 0 amide bonds. The number of fused-ring (bicyclic) bond motifs is 1. The van der Waals surface area contributed by atoms with Crippen molar-refractivity contribution in [2.75, 3.05) is 18.0 Å². The van der Waals surface area contributed by atoms with Crippen LogP contribution in [0, 0.1) is 0 Å². The molecule has 1 atom stereocenters. The minimum atomic E-state index is -0.999. The molecule has 23 heavy (non-hydrogen) atoms. The highest BCUT2D eigenvalue weighted by Crippen LogP contribution is 2.26. The molecule has 0 radical (unpaired) electrons. The van der Waals surface area contributed by atoms with E-state index in [9.17, 15) is 9.90 Å². The maximum atomic E-state index is 11.1. The second-order valence-corrected chi connectivity index (χ2v) is 5.92. The summed E-state index contributed by atoms with van der Waals surface area (Å²) < 4.78 is 0. The normalized spacial score (nSPS) is 17.4. The number of rotatable bonds is 5. The van der Waals surface area contributed by atoms with Gasteiger partial charge < -0.3 is 20.1 Å². The minimum absolute atomic E-state index is 0.0378. The third kappa shape index (κ3) is 3.90. The van der Waals surface area contributed by atoms with Gasteiger partial charge in [0.1, 0.15) is 0 Å². The highest BCUT2D eigenvalue weighted by Gasteiger charge is 2.23. The summed E-state index contributed by atoms with van der Waals surface area (Å²) in [6.45, 7) is 2.21. The van der Waals surface area contributed by atoms with Crippen LogP contribution in [0.15, 0.2) is 54.6 Å². The molecule has 1 heterocycles. The van der Waals surface area contributed by atoms with Gasteiger partial charge in [0.2, 0.25) is 0 Å². The quantitative estimate of drug-likeness (QED) is 0.906. The van der Waals surface area contributed by atoms with Crippen LogP contribution < -0.4 is 15.3 Å². The van der Waals surface area contributed by atoms with Crippen molar-refractivity contribution in [3.8, 4) is 0 Å². The number of carbonyl (C=O) groups is 1. The smallest absolute Gasteiger partial charge is 0.0466 e. The average Bonchev–Trinajstić information content (AvgIpc) is 2.72. The molecule has 1 unspecified atom stereocenters. The molecule has 120 valence electrons. The molecule has 1 aliphatic rings. The number of benzene rings is 2.